The van der Waals surface area contributed by atoms with Crippen molar-refractivity contribution in [2.75, 3.05) is 25.1 Å². The summed E-state index contributed by atoms with van der Waals surface area (Å²) in [6, 6.07) is 0.00269. The molecule has 1 rings (SSSR count). The topological polar surface area (TPSA) is 70.6 Å². The molecule has 1 fully saturated rings. The monoisotopic (exact) mass is 275 g/mol. The molecule has 0 amide bonds. The van der Waals surface area contributed by atoms with Crippen molar-refractivity contribution in [1.82, 2.24) is 10.6 Å². The van der Waals surface area contributed by atoms with Gasteiger partial charge in [-0.25, -0.2) is 8.42 Å². The third-order valence-corrected chi connectivity index (χ3v) is 5.28. The summed E-state index contributed by atoms with van der Waals surface area (Å²) in [6.45, 7) is 5.23. The molecule has 2 N–H and O–H groups in total. The highest BCUT2D eigenvalue weighted by Gasteiger charge is 2.28. The Bertz CT molecular complexity index is 375. The molecule has 1 saturated heterocycles. The summed E-state index contributed by atoms with van der Waals surface area (Å²) < 4.78 is 22.7. The lowest BCUT2D eigenvalue weighted by atomic mass is 10.0. The van der Waals surface area contributed by atoms with Crippen molar-refractivity contribution < 1.29 is 8.42 Å². The van der Waals surface area contributed by atoms with E-state index < -0.39 is 9.84 Å². The molecule has 18 heavy (non-hydrogen) atoms. The standard InChI is InChI=1S/C12H25N3O2S/c1-4-10(5-2)8-14-12(13-3)15-11-6-7-18(16,17)9-11/h10-11H,4-9H2,1-3H3,(H2,13,14,15). The maximum absolute atomic E-state index is 11.4. The lowest BCUT2D eigenvalue weighted by molar-refractivity contribution is 0.479. The van der Waals surface area contributed by atoms with Gasteiger partial charge in [-0.1, -0.05) is 26.7 Å². The summed E-state index contributed by atoms with van der Waals surface area (Å²) in [6.07, 6.45) is 2.95. The van der Waals surface area contributed by atoms with Gasteiger partial charge in [-0.15, -0.1) is 0 Å². The van der Waals surface area contributed by atoms with Crippen molar-refractivity contribution in [2.45, 2.75) is 39.2 Å². The molecular weight excluding hydrogens is 250 g/mol. The van der Waals surface area contributed by atoms with Crippen LogP contribution in [0.3, 0.4) is 0 Å². The molecule has 0 spiro atoms. The van der Waals surface area contributed by atoms with Gasteiger partial charge in [0.1, 0.15) is 0 Å². The van der Waals surface area contributed by atoms with E-state index in [1.165, 1.54) is 0 Å². The van der Waals surface area contributed by atoms with E-state index in [1.54, 1.807) is 7.05 Å². The minimum atomic E-state index is -2.84. The van der Waals surface area contributed by atoms with Gasteiger partial charge in [-0.2, -0.15) is 0 Å². The summed E-state index contributed by atoms with van der Waals surface area (Å²) in [5.74, 6) is 1.85. The van der Waals surface area contributed by atoms with Crippen LogP contribution in [-0.2, 0) is 9.84 Å². The molecule has 1 aliphatic heterocycles. The highest BCUT2D eigenvalue weighted by molar-refractivity contribution is 7.91. The third-order valence-electron chi connectivity index (χ3n) is 3.51. The van der Waals surface area contributed by atoms with Crippen molar-refractivity contribution in [1.29, 1.82) is 0 Å². The molecule has 0 saturated carbocycles. The van der Waals surface area contributed by atoms with Crippen molar-refractivity contribution in [2.24, 2.45) is 10.9 Å². The Kier molecular flexibility index (Phi) is 5.91. The van der Waals surface area contributed by atoms with Crippen molar-refractivity contribution in [3.05, 3.63) is 0 Å². The summed E-state index contributed by atoms with van der Waals surface area (Å²) in [5.41, 5.74) is 0. The maximum Gasteiger partial charge on any atom is 0.191 e. The predicted molar refractivity (Wildman–Crippen MR) is 75.6 cm³/mol. The molecule has 1 atom stereocenters. The van der Waals surface area contributed by atoms with Crippen LogP contribution in [0, 0.1) is 5.92 Å². The van der Waals surface area contributed by atoms with Crippen LogP contribution >= 0.6 is 0 Å². The molecule has 0 aliphatic carbocycles. The van der Waals surface area contributed by atoms with Crippen LogP contribution in [0.15, 0.2) is 4.99 Å². The SMILES string of the molecule is CCC(CC)CNC(=NC)NC1CCS(=O)(=O)C1. The number of guanidine groups is 1. The number of aliphatic imine (C=N–C) groups is 1. The van der Waals surface area contributed by atoms with Crippen LogP contribution in [0.2, 0.25) is 0 Å². The number of nitrogens with one attached hydrogen (secondary N) is 2. The van der Waals surface area contributed by atoms with E-state index in [1.807, 2.05) is 0 Å². The van der Waals surface area contributed by atoms with Gasteiger partial charge < -0.3 is 10.6 Å². The number of rotatable bonds is 5. The molecule has 0 aromatic heterocycles. The molecule has 0 bridgehead atoms. The first-order valence-electron chi connectivity index (χ1n) is 6.68. The van der Waals surface area contributed by atoms with Gasteiger partial charge in [-0.05, 0) is 12.3 Å². The van der Waals surface area contributed by atoms with Crippen molar-refractivity contribution in [3.63, 3.8) is 0 Å². The highest BCUT2D eigenvalue weighted by Crippen LogP contribution is 2.11. The molecule has 0 radical (unpaired) electrons. The molecular formula is C12H25N3O2S. The molecule has 6 heteroatoms. The molecule has 106 valence electrons. The molecule has 5 nitrogen and oxygen atoms in total. The van der Waals surface area contributed by atoms with Crippen LogP contribution in [0.4, 0.5) is 0 Å². The summed E-state index contributed by atoms with van der Waals surface area (Å²) in [7, 11) is -1.12. The van der Waals surface area contributed by atoms with Crippen LogP contribution < -0.4 is 10.6 Å². The largest absolute Gasteiger partial charge is 0.356 e. The molecule has 1 unspecified atom stereocenters. The zero-order chi connectivity index (χ0) is 13.6. The van der Waals surface area contributed by atoms with Gasteiger partial charge in [-0.3, -0.25) is 4.99 Å². The van der Waals surface area contributed by atoms with Gasteiger partial charge in [0.15, 0.2) is 15.8 Å². The first-order chi connectivity index (χ1) is 8.50. The number of nitrogens with zero attached hydrogens (tertiary/aromatic N) is 1. The predicted octanol–water partition coefficient (Wildman–Crippen LogP) is 0.775. The highest BCUT2D eigenvalue weighted by atomic mass is 32.2. The minimum absolute atomic E-state index is 0.00269. The van der Waals surface area contributed by atoms with Crippen LogP contribution in [-0.4, -0.2) is 45.5 Å². The Balaban J connectivity index is 2.39. The van der Waals surface area contributed by atoms with E-state index >= 15 is 0 Å². The normalized spacial score (nSPS) is 23.3. The molecule has 1 heterocycles. The first kappa shape index (κ1) is 15.3. The first-order valence-corrected chi connectivity index (χ1v) is 8.50. The number of hydrogen-bond acceptors (Lipinski definition) is 3. The van der Waals surface area contributed by atoms with E-state index in [4.69, 9.17) is 0 Å². The second-order valence-corrected chi connectivity index (χ2v) is 7.11. The fourth-order valence-electron chi connectivity index (χ4n) is 2.12. The van der Waals surface area contributed by atoms with E-state index in [-0.39, 0.29) is 17.5 Å². The van der Waals surface area contributed by atoms with E-state index in [0.29, 0.717) is 18.3 Å². The van der Waals surface area contributed by atoms with Crippen LogP contribution in [0.25, 0.3) is 0 Å². The van der Waals surface area contributed by atoms with Gasteiger partial charge in [0.25, 0.3) is 0 Å². The Morgan fingerprint density at radius 1 is 1.39 bits per heavy atom. The zero-order valence-electron chi connectivity index (χ0n) is 11.6. The fraction of sp³-hybridized carbons (Fsp3) is 0.917. The van der Waals surface area contributed by atoms with Gasteiger partial charge >= 0.3 is 0 Å². The quantitative estimate of drug-likeness (QED) is 0.574. The summed E-state index contributed by atoms with van der Waals surface area (Å²) in [5, 5.41) is 6.45. The van der Waals surface area contributed by atoms with Crippen LogP contribution in [0.5, 0.6) is 0 Å². The van der Waals surface area contributed by atoms with Gasteiger partial charge in [0.2, 0.25) is 0 Å². The van der Waals surface area contributed by atoms with Crippen molar-refractivity contribution >= 4 is 15.8 Å². The van der Waals surface area contributed by atoms with E-state index in [0.717, 1.165) is 19.4 Å². The summed E-state index contributed by atoms with van der Waals surface area (Å²) >= 11 is 0. The Hall–Kier alpha value is -0.780. The van der Waals surface area contributed by atoms with Gasteiger partial charge in [0.05, 0.1) is 11.5 Å². The Labute approximate surface area is 110 Å². The molecule has 0 aromatic rings. The van der Waals surface area contributed by atoms with Gasteiger partial charge in [0, 0.05) is 19.6 Å². The average Bonchev–Trinajstić information content (AvgIpc) is 2.68. The van der Waals surface area contributed by atoms with E-state index in [9.17, 15) is 8.42 Å². The lowest BCUT2D eigenvalue weighted by Gasteiger charge is -2.19. The fourth-order valence-corrected chi connectivity index (χ4v) is 3.79. The number of sulfone groups is 1. The van der Waals surface area contributed by atoms with E-state index in [2.05, 4.69) is 29.5 Å². The Morgan fingerprint density at radius 2 is 2.06 bits per heavy atom. The second kappa shape index (κ2) is 6.97. The zero-order valence-corrected chi connectivity index (χ0v) is 12.4. The minimum Gasteiger partial charge on any atom is -0.356 e. The number of hydrogen-bond donors (Lipinski definition) is 2. The lowest BCUT2D eigenvalue weighted by Crippen LogP contribution is -2.45. The molecule has 0 aromatic carbocycles. The second-order valence-electron chi connectivity index (χ2n) is 4.88. The van der Waals surface area contributed by atoms with Crippen molar-refractivity contribution in [3.8, 4) is 0 Å². The average molecular weight is 275 g/mol. The van der Waals surface area contributed by atoms with Crippen LogP contribution in [0.1, 0.15) is 33.1 Å². The Morgan fingerprint density at radius 3 is 2.50 bits per heavy atom. The third kappa shape index (κ3) is 4.84. The molecule has 1 aliphatic rings. The maximum atomic E-state index is 11.4. The smallest absolute Gasteiger partial charge is 0.191 e. The summed E-state index contributed by atoms with van der Waals surface area (Å²) in [4.78, 5) is 4.14.